The molecule has 0 aromatic carbocycles. The highest BCUT2D eigenvalue weighted by atomic mass is 32.2. The molecule has 2 unspecified atom stereocenters. The molecule has 0 amide bonds. The third-order valence-electron chi connectivity index (χ3n) is 3.16. The van der Waals surface area contributed by atoms with Crippen LogP contribution in [0.5, 0.6) is 0 Å². The van der Waals surface area contributed by atoms with Gasteiger partial charge in [0.05, 0.1) is 0 Å². The molecule has 0 aromatic rings. The zero-order chi connectivity index (χ0) is 9.10. The molecule has 0 radical (unpaired) electrons. The largest absolute Gasteiger partial charge is 0.314 e. The van der Waals surface area contributed by atoms with E-state index in [1.165, 1.54) is 43.7 Å². The molecule has 2 rings (SSSR count). The third-order valence-corrected chi connectivity index (χ3v) is 4.39. The van der Waals surface area contributed by atoms with Crippen LogP contribution in [0.15, 0.2) is 0 Å². The van der Waals surface area contributed by atoms with Gasteiger partial charge in [-0.3, -0.25) is 0 Å². The van der Waals surface area contributed by atoms with Crippen molar-refractivity contribution in [3.63, 3.8) is 0 Å². The fourth-order valence-electron chi connectivity index (χ4n) is 2.05. The first kappa shape index (κ1) is 9.85. The Kier molecular flexibility index (Phi) is 3.56. The lowest BCUT2D eigenvalue weighted by molar-refractivity contribution is 0.437. The van der Waals surface area contributed by atoms with E-state index in [0.29, 0.717) is 0 Å². The van der Waals surface area contributed by atoms with Crippen molar-refractivity contribution >= 4 is 11.8 Å². The lowest BCUT2D eigenvalue weighted by Crippen LogP contribution is -2.31. The highest BCUT2D eigenvalue weighted by Crippen LogP contribution is 2.33. The monoisotopic (exact) mass is 199 g/mol. The molecule has 0 spiro atoms. The van der Waals surface area contributed by atoms with Crippen LogP contribution in [-0.4, -0.2) is 24.1 Å². The van der Waals surface area contributed by atoms with E-state index in [2.05, 4.69) is 24.0 Å². The number of thioether (sulfide) groups is 1. The van der Waals surface area contributed by atoms with Gasteiger partial charge < -0.3 is 5.32 Å². The van der Waals surface area contributed by atoms with Gasteiger partial charge in [0.1, 0.15) is 0 Å². The molecule has 1 aliphatic heterocycles. The predicted molar refractivity (Wildman–Crippen MR) is 60.2 cm³/mol. The zero-order valence-corrected chi connectivity index (χ0v) is 9.41. The van der Waals surface area contributed by atoms with Crippen molar-refractivity contribution in [2.24, 2.45) is 11.8 Å². The minimum absolute atomic E-state index is 0.762. The molecule has 0 bridgehead atoms. The summed E-state index contributed by atoms with van der Waals surface area (Å²) < 4.78 is 0. The number of hydrogen-bond donors (Lipinski definition) is 1. The molecule has 1 saturated heterocycles. The van der Waals surface area contributed by atoms with Crippen LogP contribution in [0.1, 0.15) is 32.6 Å². The first-order valence-corrected chi connectivity index (χ1v) is 6.81. The Labute approximate surface area is 86.0 Å². The van der Waals surface area contributed by atoms with Crippen LogP contribution in [-0.2, 0) is 0 Å². The average Bonchev–Trinajstić information content (AvgIpc) is 2.78. The van der Waals surface area contributed by atoms with E-state index in [1.807, 2.05) is 0 Å². The second kappa shape index (κ2) is 4.70. The molecule has 1 heterocycles. The van der Waals surface area contributed by atoms with Crippen molar-refractivity contribution in [2.75, 3.05) is 18.1 Å². The first-order valence-electron chi connectivity index (χ1n) is 5.65. The van der Waals surface area contributed by atoms with Gasteiger partial charge >= 0.3 is 0 Å². The van der Waals surface area contributed by atoms with E-state index >= 15 is 0 Å². The van der Waals surface area contributed by atoms with Crippen LogP contribution in [0.3, 0.4) is 0 Å². The molecular formula is C11H21NS. The topological polar surface area (TPSA) is 12.0 Å². The van der Waals surface area contributed by atoms with Crippen molar-refractivity contribution in [2.45, 2.75) is 38.6 Å². The summed E-state index contributed by atoms with van der Waals surface area (Å²) in [6.07, 6.45) is 5.84. The fraction of sp³-hybridized carbons (Fsp3) is 1.00. The summed E-state index contributed by atoms with van der Waals surface area (Å²) in [5.41, 5.74) is 0. The second-order valence-corrected chi connectivity index (χ2v) is 5.87. The van der Waals surface area contributed by atoms with Crippen molar-refractivity contribution in [3.05, 3.63) is 0 Å². The summed E-state index contributed by atoms with van der Waals surface area (Å²) in [7, 11) is 0. The van der Waals surface area contributed by atoms with Crippen molar-refractivity contribution in [1.29, 1.82) is 0 Å². The minimum Gasteiger partial charge on any atom is -0.314 e. The van der Waals surface area contributed by atoms with Crippen LogP contribution in [0.25, 0.3) is 0 Å². The lowest BCUT2D eigenvalue weighted by atomic mass is 10.1. The molecule has 76 valence electrons. The molecule has 0 aromatic heterocycles. The van der Waals surface area contributed by atoms with E-state index in [-0.39, 0.29) is 0 Å². The summed E-state index contributed by atoms with van der Waals surface area (Å²) in [4.78, 5) is 0. The molecule has 1 aliphatic carbocycles. The normalized spacial score (nSPS) is 30.7. The Balaban J connectivity index is 1.54. The first-order chi connectivity index (χ1) is 6.34. The van der Waals surface area contributed by atoms with E-state index in [0.717, 1.165) is 17.9 Å². The van der Waals surface area contributed by atoms with E-state index in [9.17, 15) is 0 Å². The van der Waals surface area contributed by atoms with Gasteiger partial charge in [0, 0.05) is 6.04 Å². The molecule has 1 saturated carbocycles. The lowest BCUT2D eigenvalue weighted by Gasteiger charge is -2.16. The summed E-state index contributed by atoms with van der Waals surface area (Å²) in [5, 5.41) is 3.68. The molecule has 1 nitrogen and oxygen atoms in total. The molecule has 13 heavy (non-hydrogen) atoms. The number of rotatable bonds is 5. The number of hydrogen-bond acceptors (Lipinski definition) is 2. The molecule has 2 heteroatoms. The van der Waals surface area contributed by atoms with E-state index < -0.39 is 0 Å². The summed E-state index contributed by atoms with van der Waals surface area (Å²) in [5.74, 6) is 4.82. The standard InChI is InChI=1S/C11H21NS/c1-9(6-10-2-3-10)12-7-11-4-5-13-8-11/h9-12H,2-8H2,1H3. The minimum atomic E-state index is 0.762. The highest BCUT2D eigenvalue weighted by Gasteiger charge is 2.24. The van der Waals surface area contributed by atoms with Crippen molar-refractivity contribution in [3.8, 4) is 0 Å². The van der Waals surface area contributed by atoms with Crippen LogP contribution >= 0.6 is 11.8 Å². The van der Waals surface area contributed by atoms with Crippen LogP contribution in [0.4, 0.5) is 0 Å². The zero-order valence-electron chi connectivity index (χ0n) is 8.59. The van der Waals surface area contributed by atoms with Gasteiger partial charge in [-0.15, -0.1) is 0 Å². The van der Waals surface area contributed by atoms with Crippen LogP contribution < -0.4 is 5.32 Å². The van der Waals surface area contributed by atoms with Crippen LogP contribution in [0.2, 0.25) is 0 Å². The summed E-state index contributed by atoms with van der Waals surface area (Å²) in [6.45, 7) is 3.61. The van der Waals surface area contributed by atoms with Gasteiger partial charge in [0.2, 0.25) is 0 Å². The maximum absolute atomic E-state index is 3.68. The van der Waals surface area contributed by atoms with E-state index in [4.69, 9.17) is 0 Å². The number of nitrogens with one attached hydrogen (secondary N) is 1. The Morgan fingerprint density at radius 3 is 2.77 bits per heavy atom. The van der Waals surface area contributed by atoms with Gasteiger partial charge in [-0.1, -0.05) is 12.8 Å². The maximum Gasteiger partial charge on any atom is 0.00414 e. The van der Waals surface area contributed by atoms with Gasteiger partial charge in [-0.05, 0) is 49.7 Å². The molecular weight excluding hydrogens is 178 g/mol. The highest BCUT2D eigenvalue weighted by molar-refractivity contribution is 7.99. The quantitative estimate of drug-likeness (QED) is 0.730. The molecule has 2 fully saturated rings. The van der Waals surface area contributed by atoms with Crippen molar-refractivity contribution < 1.29 is 0 Å². The van der Waals surface area contributed by atoms with Gasteiger partial charge in [-0.25, -0.2) is 0 Å². The smallest absolute Gasteiger partial charge is 0.00414 e. The van der Waals surface area contributed by atoms with Crippen LogP contribution in [0, 0.1) is 11.8 Å². The average molecular weight is 199 g/mol. The fourth-order valence-corrected chi connectivity index (χ4v) is 3.33. The Bertz CT molecular complexity index is 150. The SMILES string of the molecule is CC(CC1CC1)NCC1CCSC1. The summed E-state index contributed by atoms with van der Waals surface area (Å²) in [6, 6.07) is 0.762. The Hall–Kier alpha value is 0.310. The summed E-state index contributed by atoms with van der Waals surface area (Å²) >= 11 is 2.12. The maximum atomic E-state index is 3.68. The predicted octanol–water partition coefficient (Wildman–Crippen LogP) is 2.52. The molecule has 2 aliphatic rings. The Morgan fingerprint density at radius 1 is 1.31 bits per heavy atom. The third kappa shape index (κ3) is 3.51. The Morgan fingerprint density at radius 2 is 2.15 bits per heavy atom. The van der Waals surface area contributed by atoms with Gasteiger partial charge in [0.25, 0.3) is 0 Å². The van der Waals surface area contributed by atoms with Crippen molar-refractivity contribution in [1.82, 2.24) is 5.32 Å². The van der Waals surface area contributed by atoms with Gasteiger partial charge in [-0.2, -0.15) is 11.8 Å². The van der Waals surface area contributed by atoms with E-state index in [1.54, 1.807) is 0 Å². The molecule has 1 N–H and O–H groups in total. The van der Waals surface area contributed by atoms with Gasteiger partial charge in [0.15, 0.2) is 0 Å². The molecule has 2 atom stereocenters. The second-order valence-electron chi connectivity index (χ2n) is 4.72.